The Balaban J connectivity index is 1.40. The van der Waals surface area contributed by atoms with Gasteiger partial charge < -0.3 is 10.2 Å². The first-order valence-electron chi connectivity index (χ1n) is 12.4. The fourth-order valence-electron chi connectivity index (χ4n) is 5.23. The van der Waals surface area contributed by atoms with Crippen molar-refractivity contribution in [3.8, 4) is 0 Å². The number of aryl methyl sites for hydroxylation is 1. The normalized spacial score (nSPS) is 16.1. The molecule has 1 aliphatic heterocycles. The molecule has 0 bridgehead atoms. The van der Waals surface area contributed by atoms with Gasteiger partial charge in [-0.3, -0.25) is 19.3 Å². The predicted molar refractivity (Wildman–Crippen MR) is 137 cm³/mol. The van der Waals surface area contributed by atoms with E-state index in [1.165, 1.54) is 0 Å². The van der Waals surface area contributed by atoms with Crippen LogP contribution in [0.25, 0.3) is 10.8 Å². The van der Waals surface area contributed by atoms with Gasteiger partial charge in [-0.25, -0.2) is 0 Å². The summed E-state index contributed by atoms with van der Waals surface area (Å²) < 4.78 is 0. The fraction of sp³-hybridized carbons (Fsp3) is 0.345. The van der Waals surface area contributed by atoms with E-state index in [-0.39, 0.29) is 30.3 Å². The number of anilines is 1. The maximum atomic E-state index is 13.7. The van der Waals surface area contributed by atoms with Gasteiger partial charge in [0.1, 0.15) is 12.6 Å². The van der Waals surface area contributed by atoms with E-state index in [0.717, 1.165) is 53.3 Å². The molecule has 0 aromatic heterocycles. The van der Waals surface area contributed by atoms with Crippen LogP contribution in [0.5, 0.6) is 0 Å². The Kier molecular flexibility index (Phi) is 6.29. The maximum Gasteiger partial charge on any atom is 0.259 e. The SMILES string of the molecule is Cc1ccc(CN(C(=O)CN2C(=O)c3cccc4cccc2c34)C(C)C(=O)NC2CCCC2)cc1. The van der Waals surface area contributed by atoms with Crippen molar-refractivity contribution in [1.82, 2.24) is 10.2 Å². The Morgan fingerprint density at radius 2 is 1.71 bits per heavy atom. The highest BCUT2D eigenvalue weighted by atomic mass is 16.2. The molecule has 0 radical (unpaired) electrons. The number of hydrogen-bond donors (Lipinski definition) is 1. The number of nitrogens with one attached hydrogen (secondary N) is 1. The lowest BCUT2D eigenvalue weighted by atomic mass is 10.1. The third kappa shape index (κ3) is 4.53. The van der Waals surface area contributed by atoms with Crippen molar-refractivity contribution < 1.29 is 14.4 Å². The summed E-state index contributed by atoms with van der Waals surface area (Å²) in [7, 11) is 0. The average Bonchev–Trinajstić information content (AvgIpc) is 3.47. The van der Waals surface area contributed by atoms with Crippen LogP contribution < -0.4 is 10.2 Å². The monoisotopic (exact) mass is 469 g/mol. The molecule has 5 rings (SSSR count). The third-order valence-electron chi connectivity index (χ3n) is 7.28. The van der Waals surface area contributed by atoms with Gasteiger partial charge in [0.25, 0.3) is 5.91 Å². The van der Waals surface area contributed by atoms with Crippen LogP contribution >= 0.6 is 0 Å². The molecule has 1 unspecified atom stereocenters. The van der Waals surface area contributed by atoms with Crippen LogP contribution in [0, 0.1) is 6.92 Å². The van der Waals surface area contributed by atoms with Crippen molar-refractivity contribution in [2.75, 3.05) is 11.4 Å². The predicted octanol–water partition coefficient (Wildman–Crippen LogP) is 4.58. The van der Waals surface area contributed by atoms with Gasteiger partial charge in [-0.05, 0) is 49.8 Å². The molecule has 1 aliphatic carbocycles. The summed E-state index contributed by atoms with van der Waals surface area (Å²) in [5.41, 5.74) is 3.44. The van der Waals surface area contributed by atoms with Crippen molar-refractivity contribution in [2.24, 2.45) is 0 Å². The van der Waals surface area contributed by atoms with Crippen molar-refractivity contribution in [3.63, 3.8) is 0 Å². The zero-order valence-corrected chi connectivity index (χ0v) is 20.3. The Bertz CT molecular complexity index is 1270. The first-order valence-corrected chi connectivity index (χ1v) is 12.4. The van der Waals surface area contributed by atoms with Gasteiger partial charge in [0.2, 0.25) is 11.8 Å². The smallest absolute Gasteiger partial charge is 0.259 e. The van der Waals surface area contributed by atoms with Gasteiger partial charge in [-0.1, -0.05) is 66.9 Å². The number of carbonyl (C=O) groups is 3. The number of hydrogen-bond acceptors (Lipinski definition) is 3. The highest BCUT2D eigenvalue weighted by Crippen LogP contribution is 2.37. The quantitative estimate of drug-likeness (QED) is 0.551. The second kappa shape index (κ2) is 9.53. The Morgan fingerprint density at radius 3 is 2.43 bits per heavy atom. The molecule has 180 valence electrons. The molecule has 6 nitrogen and oxygen atoms in total. The van der Waals surface area contributed by atoms with E-state index >= 15 is 0 Å². The summed E-state index contributed by atoms with van der Waals surface area (Å²) >= 11 is 0. The minimum absolute atomic E-state index is 0.112. The van der Waals surface area contributed by atoms with Crippen LogP contribution in [0.2, 0.25) is 0 Å². The van der Waals surface area contributed by atoms with Crippen molar-refractivity contribution in [1.29, 1.82) is 0 Å². The van der Waals surface area contributed by atoms with Crippen LogP contribution in [0.1, 0.15) is 54.1 Å². The molecule has 1 heterocycles. The summed E-state index contributed by atoms with van der Waals surface area (Å²) in [6.07, 6.45) is 4.20. The molecule has 6 heteroatoms. The molecule has 3 aromatic carbocycles. The molecule has 1 atom stereocenters. The second-order valence-corrected chi connectivity index (χ2v) is 9.75. The molecule has 1 N–H and O–H groups in total. The number of benzene rings is 3. The fourth-order valence-corrected chi connectivity index (χ4v) is 5.23. The zero-order valence-electron chi connectivity index (χ0n) is 20.3. The summed E-state index contributed by atoms with van der Waals surface area (Å²) in [4.78, 5) is 43.2. The molecule has 3 aromatic rings. The van der Waals surface area contributed by atoms with E-state index < -0.39 is 6.04 Å². The molecule has 2 aliphatic rings. The van der Waals surface area contributed by atoms with Crippen molar-refractivity contribution in [2.45, 2.75) is 58.2 Å². The van der Waals surface area contributed by atoms with Gasteiger partial charge >= 0.3 is 0 Å². The van der Waals surface area contributed by atoms with Crippen LogP contribution in [-0.2, 0) is 16.1 Å². The first-order chi connectivity index (χ1) is 16.9. The van der Waals surface area contributed by atoms with Crippen molar-refractivity contribution >= 4 is 34.2 Å². The van der Waals surface area contributed by atoms with E-state index in [1.807, 2.05) is 61.5 Å². The van der Waals surface area contributed by atoms with Gasteiger partial charge in [0, 0.05) is 23.5 Å². The van der Waals surface area contributed by atoms with Crippen LogP contribution in [0.15, 0.2) is 60.7 Å². The van der Waals surface area contributed by atoms with E-state index in [2.05, 4.69) is 5.32 Å². The Labute approximate surface area is 205 Å². The average molecular weight is 470 g/mol. The minimum Gasteiger partial charge on any atom is -0.352 e. The van der Waals surface area contributed by atoms with E-state index in [9.17, 15) is 14.4 Å². The molecule has 35 heavy (non-hydrogen) atoms. The lowest BCUT2D eigenvalue weighted by molar-refractivity contribution is -0.139. The maximum absolute atomic E-state index is 13.7. The third-order valence-corrected chi connectivity index (χ3v) is 7.28. The highest BCUT2D eigenvalue weighted by Gasteiger charge is 2.34. The molecule has 3 amide bonds. The number of rotatable bonds is 7. The Morgan fingerprint density at radius 1 is 1.03 bits per heavy atom. The first kappa shape index (κ1) is 23.1. The van der Waals surface area contributed by atoms with Gasteiger partial charge in [0.05, 0.1) is 5.69 Å². The molecular weight excluding hydrogens is 438 g/mol. The summed E-state index contributed by atoms with van der Waals surface area (Å²) in [6.45, 7) is 3.98. The van der Waals surface area contributed by atoms with E-state index in [0.29, 0.717) is 12.1 Å². The molecule has 1 saturated carbocycles. The van der Waals surface area contributed by atoms with E-state index in [1.54, 1.807) is 22.8 Å². The van der Waals surface area contributed by atoms with Gasteiger partial charge in [-0.15, -0.1) is 0 Å². The molecule has 0 saturated heterocycles. The standard InChI is InChI=1S/C29H31N3O3/c1-19-13-15-21(16-14-19)17-31(20(2)28(34)30-23-9-3-4-10-23)26(33)18-32-25-12-6-8-22-7-5-11-24(27(22)25)29(32)35/h5-8,11-16,20,23H,3-4,9-10,17-18H2,1-2H3,(H,30,34). The molecule has 1 fully saturated rings. The molecule has 0 spiro atoms. The summed E-state index contributed by atoms with van der Waals surface area (Å²) in [5, 5.41) is 4.98. The summed E-state index contributed by atoms with van der Waals surface area (Å²) in [6, 6.07) is 18.9. The zero-order chi connectivity index (χ0) is 24.5. The Hall–Kier alpha value is -3.67. The number of carbonyl (C=O) groups excluding carboxylic acids is 3. The topological polar surface area (TPSA) is 69.7 Å². The van der Waals surface area contributed by atoms with Gasteiger partial charge in [-0.2, -0.15) is 0 Å². The lowest BCUT2D eigenvalue weighted by Gasteiger charge is -2.31. The van der Waals surface area contributed by atoms with Crippen LogP contribution in [0.3, 0.4) is 0 Å². The largest absolute Gasteiger partial charge is 0.352 e. The molecular formula is C29H31N3O3. The second-order valence-electron chi connectivity index (χ2n) is 9.75. The van der Waals surface area contributed by atoms with Gasteiger partial charge in [0.15, 0.2) is 0 Å². The number of amides is 3. The van der Waals surface area contributed by atoms with Crippen LogP contribution in [-0.4, -0.2) is 41.2 Å². The lowest BCUT2D eigenvalue weighted by Crippen LogP contribution is -2.52. The van der Waals surface area contributed by atoms with Crippen LogP contribution in [0.4, 0.5) is 5.69 Å². The minimum atomic E-state index is -0.653. The van der Waals surface area contributed by atoms with Crippen molar-refractivity contribution in [3.05, 3.63) is 77.4 Å². The highest BCUT2D eigenvalue weighted by molar-refractivity contribution is 6.26. The summed E-state index contributed by atoms with van der Waals surface area (Å²) in [5.74, 6) is -0.572. The number of nitrogens with zero attached hydrogens (tertiary/aromatic N) is 2. The van der Waals surface area contributed by atoms with E-state index in [4.69, 9.17) is 0 Å².